The summed E-state index contributed by atoms with van der Waals surface area (Å²) in [4.78, 5) is 28.5. The first-order valence-corrected chi connectivity index (χ1v) is 12.6. The van der Waals surface area contributed by atoms with Crippen molar-refractivity contribution in [2.45, 2.75) is 45.1 Å². The molecule has 0 bridgehead atoms. The van der Waals surface area contributed by atoms with Crippen molar-refractivity contribution in [3.63, 3.8) is 0 Å². The van der Waals surface area contributed by atoms with Crippen LogP contribution in [-0.4, -0.2) is 62.3 Å². The molecular weight excluding hydrogens is 453 g/mol. The lowest BCUT2D eigenvalue weighted by Gasteiger charge is -2.41. The number of guanidine groups is 1. The van der Waals surface area contributed by atoms with E-state index in [4.69, 9.17) is 20.6 Å². The highest BCUT2D eigenvalue weighted by atomic mass is 19.1. The average molecular weight is 490 g/mol. The number of carbonyl (C=O) groups is 2. The normalized spacial score (nSPS) is 20.5. The van der Waals surface area contributed by atoms with E-state index in [1.54, 1.807) is 18.2 Å². The predicted octanol–water partition coefficient (Wildman–Crippen LogP) is 2.83. The van der Waals surface area contributed by atoms with E-state index >= 15 is 4.39 Å². The first-order valence-electron chi connectivity index (χ1n) is 12.6. The topological polar surface area (TPSA) is 121 Å². The molecule has 9 nitrogen and oxygen atoms in total. The monoisotopic (exact) mass is 489 g/mol. The number of benzene rings is 1. The standard InChI is InChI=1S/C25H36FN5O4/c26-22-20(16-35-25(33)29-24(27)28)2-1-3-21(22)30-10-4-17(5-11-30)18-6-12-31(13-7-18)23(32)19-8-14-34-15-9-19/h1-3,17-19H,4-16H2,(H4,27,28,29,33). The molecule has 192 valence electrons. The zero-order valence-electron chi connectivity index (χ0n) is 20.1. The second kappa shape index (κ2) is 11.7. The van der Waals surface area contributed by atoms with Crippen molar-refractivity contribution < 1.29 is 23.5 Å². The quantitative estimate of drug-likeness (QED) is 0.432. The van der Waals surface area contributed by atoms with Crippen LogP contribution in [0.2, 0.25) is 0 Å². The summed E-state index contributed by atoms with van der Waals surface area (Å²) in [7, 11) is 0. The number of piperidine rings is 2. The number of nitrogens with one attached hydrogen (secondary N) is 2. The number of hydrogen-bond donors (Lipinski definition) is 3. The maximum atomic E-state index is 15.1. The summed E-state index contributed by atoms with van der Waals surface area (Å²) in [6.45, 7) is 4.38. The number of hydrogen-bond acceptors (Lipinski definition) is 6. The molecule has 4 rings (SSSR count). The van der Waals surface area contributed by atoms with E-state index in [1.807, 2.05) is 5.32 Å². The van der Waals surface area contributed by atoms with Crippen molar-refractivity contribution in [1.29, 1.82) is 5.41 Å². The van der Waals surface area contributed by atoms with Gasteiger partial charge >= 0.3 is 6.09 Å². The maximum absolute atomic E-state index is 15.1. The van der Waals surface area contributed by atoms with Gasteiger partial charge < -0.3 is 25.0 Å². The molecule has 3 heterocycles. The van der Waals surface area contributed by atoms with Crippen molar-refractivity contribution >= 4 is 23.6 Å². The third kappa shape index (κ3) is 6.42. The molecule has 2 amide bonds. The van der Waals surface area contributed by atoms with Crippen LogP contribution in [0.3, 0.4) is 0 Å². The van der Waals surface area contributed by atoms with Gasteiger partial charge in [-0.3, -0.25) is 15.5 Å². The van der Waals surface area contributed by atoms with E-state index < -0.39 is 12.1 Å². The number of nitrogens with zero attached hydrogens (tertiary/aromatic N) is 2. The summed E-state index contributed by atoms with van der Waals surface area (Å²) in [6.07, 6.45) is 4.88. The van der Waals surface area contributed by atoms with E-state index in [1.165, 1.54) is 0 Å². The number of halogens is 1. The molecule has 3 aliphatic rings. The highest BCUT2D eigenvalue weighted by Gasteiger charge is 2.33. The number of carbonyl (C=O) groups excluding carboxylic acids is 2. The van der Waals surface area contributed by atoms with Gasteiger partial charge in [0.1, 0.15) is 6.61 Å². The minimum atomic E-state index is -0.886. The van der Waals surface area contributed by atoms with E-state index in [9.17, 15) is 9.59 Å². The van der Waals surface area contributed by atoms with Crippen LogP contribution < -0.4 is 16.0 Å². The van der Waals surface area contributed by atoms with Gasteiger partial charge in [0, 0.05) is 50.9 Å². The number of ether oxygens (including phenoxy) is 2. The molecule has 4 N–H and O–H groups in total. The zero-order valence-corrected chi connectivity index (χ0v) is 20.1. The third-order valence-electron chi connectivity index (χ3n) is 7.62. The van der Waals surface area contributed by atoms with Crippen molar-refractivity contribution in [3.8, 4) is 0 Å². The van der Waals surface area contributed by atoms with E-state index in [-0.39, 0.29) is 23.9 Å². The van der Waals surface area contributed by atoms with E-state index in [0.717, 1.165) is 64.7 Å². The van der Waals surface area contributed by atoms with Crippen molar-refractivity contribution in [2.75, 3.05) is 44.3 Å². The second-order valence-electron chi connectivity index (χ2n) is 9.74. The van der Waals surface area contributed by atoms with E-state index in [0.29, 0.717) is 36.6 Å². The van der Waals surface area contributed by atoms with Gasteiger partial charge in [0.25, 0.3) is 0 Å². The van der Waals surface area contributed by atoms with Crippen LogP contribution in [0.1, 0.15) is 44.1 Å². The lowest BCUT2D eigenvalue weighted by Crippen LogP contribution is -2.45. The Labute approximate surface area is 205 Å². The SMILES string of the molecule is N=C(N)NC(=O)OCc1cccc(N2CCC(C3CCN(C(=O)C4CCOCC4)CC3)CC2)c1F. The minimum absolute atomic E-state index is 0.128. The Balaban J connectivity index is 1.25. The lowest BCUT2D eigenvalue weighted by atomic mass is 9.78. The van der Waals surface area contributed by atoms with Crippen LogP contribution in [0.15, 0.2) is 18.2 Å². The molecular formula is C25H36FN5O4. The van der Waals surface area contributed by atoms with Gasteiger partial charge in [-0.15, -0.1) is 0 Å². The van der Waals surface area contributed by atoms with Gasteiger partial charge in [-0.25, -0.2) is 9.18 Å². The molecule has 1 aromatic carbocycles. The second-order valence-corrected chi connectivity index (χ2v) is 9.74. The highest BCUT2D eigenvalue weighted by molar-refractivity contribution is 5.90. The molecule has 0 atom stereocenters. The van der Waals surface area contributed by atoms with Gasteiger partial charge in [0.05, 0.1) is 5.69 Å². The Morgan fingerprint density at radius 3 is 2.31 bits per heavy atom. The van der Waals surface area contributed by atoms with Crippen LogP contribution >= 0.6 is 0 Å². The Bertz CT molecular complexity index is 907. The molecule has 0 radical (unpaired) electrons. The lowest BCUT2D eigenvalue weighted by molar-refractivity contribution is -0.140. The van der Waals surface area contributed by atoms with E-state index in [2.05, 4.69) is 9.80 Å². The molecule has 0 aliphatic carbocycles. The number of likely N-dealkylation sites (tertiary alicyclic amines) is 1. The maximum Gasteiger partial charge on any atom is 0.414 e. The highest BCUT2D eigenvalue weighted by Crippen LogP contribution is 2.35. The predicted molar refractivity (Wildman–Crippen MR) is 129 cm³/mol. The summed E-state index contributed by atoms with van der Waals surface area (Å²) in [6, 6.07) is 5.11. The van der Waals surface area contributed by atoms with Crippen LogP contribution in [0, 0.1) is 29.0 Å². The van der Waals surface area contributed by atoms with Gasteiger partial charge in [0.15, 0.2) is 11.8 Å². The molecule has 0 spiro atoms. The van der Waals surface area contributed by atoms with Gasteiger partial charge in [0.2, 0.25) is 5.91 Å². The van der Waals surface area contributed by atoms with Crippen LogP contribution in [0.5, 0.6) is 0 Å². The fourth-order valence-corrected chi connectivity index (χ4v) is 5.62. The molecule has 3 fully saturated rings. The fraction of sp³-hybridized carbons (Fsp3) is 0.640. The third-order valence-corrected chi connectivity index (χ3v) is 7.62. The number of alkyl carbamates (subject to hydrolysis) is 1. The molecule has 0 saturated carbocycles. The van der Waals surface area contributed by atoms with Gasteiger partial charge in [-0.2, -0.15) is 0 Å². The fourth-order valence-electron chi connectivity index (χ4n) is 5.62. The van der Waals surface area contributed by atoms with Gasteiger partial charge in [-0.1, -0.05) is 12.1 Å². The summed E-state index contributed by atoms with van der Waals surface area (Å²) < 4.78 is 25.5. The zero-order chi connectivity index (χ0) is 24.8. The minimum Gasteiger partial charge on any atom is -0.444 e. The van der Waals surface area contributed by atoms with Crippen molar-refractivity contribution in [1.82, 2.24) is 10.2 Å². The van der Waals surface area contributed by atoms with Gasteiger partial charge in [-0.05, 0) is 56.4 Å². The summed E-state index contributed by atoms with van der Waals surface area (Å²) in [5, 5.41) is 9.06. The molecule has 0 unspecified atom stereocenters. The van der Waals surface area contributed by atoms with Crippen LogP contribution in [0.4, 0.5) is 14.9 Å². The van der Waals surface area contributed by atoms with Crippen LogP contribution in [0.25, 0.3) is 0 Å². The van der Waals surface area contributed by atoms with Crippen molar-refractivity contribution in [2.24, 2.45) is 23.5 Å². The molecule has 10 heteroatoms. The Kier molecular flexibility index (Phi) is 8.43. The van der Waals surface area contributed by atoms with Crippen LogP contribution in [-0.2, 0) is 20.9 Å². The number of amides is 2. The summed E-state index contributed by atoms with van der Waals surface area (Å²) in [5.74, 6) is 0.727. The average Bonchev–Trinajstić information content (AvgIpc) is 2.88. The first-order chi connectivity index (χ1) is 16.9. The number of rotatable bonds is 5. The molecule has 35 heavy (non-hydrogen) atoms. The Morgan fingerprint density at radius 1 is 1.06 bits per heavy atom. The van der Waals surface area contributed by atoms with Crippen molar-refractivity contribution in [3.05, 3.63) is 29.6 Å². The molecule has 3 saturated heterocycles. The number of anilines is 1. The smallest absolute Gasteiger partial charge is 0.414 e. The largest absolute Gasteiger partial charge is 0.444 e. The summed E-state index contributed by atoms with van der Waals surface area (Å²) >= 11 is 0. The number of nitrogens with two attached hydrogens (primary N) is 1. The Hall–Kier alpha value is -2.88. The first kappa shape index (κ1) is 25.2. The summed E-state index contributed by atoms with van der Waals surface area (Å²) in [5.41, 5.74) is 5.90. The Morgan fingerprint density at radius 2 is 1.69 bits per heavy atom. The molecule has 1 aromatic rings. The molecule has 3 aliphatic heterocycles. The molecule has 0 aromatic heterocycles.